The summed E-state index contributed by atoms with van der Waals surface area (Å²) in [5, 5.41) is 3.53. The van der Waals surface area contributed by atoms with Gasteiger partial charge in [0.25, 0.3) is 0 Å². The van der Waals surface area contributed by atoms with E-state index < -0.39 is 0 Å². The number of aromatic nitrogens is 1. The first kappa shape index (κ1) is 8.53. The third-order valence-electron chi connectivity index (χ3n) is 1.98. The molecule has 1 aliphatic heterocycles. The molecule has 1 N–H and O–H groups in total. The molecule has 0 aromatic carbocycles. The maximum absolute atomic E-state index is 4.04. The minimum Gasteiger partial charge on any atom is -0.308 e. The van der Waals surface area contributed by atoms with E-state index in [0.29, 0.717) is 0 Å². The van der Waals surface area contributed by atoms with Crippen molar-refractivity contribution in [3.8, 4) is 0 Å². The van der Waals surface area contributed by atoms with Crippen molar-refractivity contribution in [2.45, 2.75) is 19.0 Å². The van der Waals surface area contributed by atoms with Gasteiger partial charge in [-0.15, -0.1) is 11.3 Å². The van der Waals surface area contributed by atoms with Gasteiger partial charge in [0.1, 0.15) is 0 Å². The third kappa shape index (κ3) is 2.21. The van der Waals surface area contributed by atoms with E-state index in [0.717, 1.165) is 12.6 Å². The molecule has 1 fully saturated rings. The molecule has 0 bridgehead atoms. The van der Waals surface area contributed by atoms with Crippen LogP contribution in [-0.2, 0) is 6.54 Å². The van der Waals surface area contributed by atoms with Crippen LogP contribution in [0, 0.1) is 0 Å². The second kappa shape index (κ2) is 4.25. The molecule has 66 valence electrons. The Morgan fingerprint density at radius 3 is 3.33 bits per heavy atom. The molecule has 1 aliphatic rings. The van der Waals surface area contributed by atoms with Gasteiger partial charge in [-0.2, -0.15) is 11.8 Å². The Hall–Kier alpha value is -0.0600. The van der Waals surface area contributed by atoms with Gasteiger partial charge in [-0.05, 0) is 12.2 Å². The normalized spacial score (nSPS) is 23.2. The quantitative estimate of drug-likeness (QED) is 0.804. The van der Waals surface area contributed by atoms with Crippen LogP contribution in [0.25, 0.3) is 0 Å². The summed E-state index contributed by atoms with van der Waals surface area (Å²) in [6.45, 7) is 0.996. The molecule has 1 saturated heterocycles. The zero-order chi connectivity index (χ0) is 8.23. The van der Waals surface area contributed by atoms with Crippen molar-refractivity contribution in [2.75, 3.05) is 11.5 Å². The molecule has 2 heterocycles. The highest BCUT2D eigenvalue weighted by Gasteiger charge is 2.14. The standard InChI is InChI=1S/C8H12N2S2/c1-2-11-5-7(1)10-4-8-3-9-6-12-8/h3,6-7,10H,1-2,4-5H2. The molecule has 1 aromatic rings. The molecular formula is C8H12N2S2. The van der Waals surface area contributed by atoms with Crippen molar-refractivity contribution in [1.82, 2.24) is 10.3 Å². The third-order valence-corrected chi connectivity index (χ3v) is 3.92. The van der Waals surface area contributed by atoms with Crippen LogP contribution < -0.4 is 5.32 Å². The fourth-order valence-electron chi connectivity index (χ4n) is 1.27. The SMILES string of the molecule is c1ncc(CNC2CCSC2)s1. The fourth-order valence-corrected chi connectivity index (χ4v) is 3.00. The average molecular weight is 200 g/mol. The molecule has 0 radical (unpaired) electrons. The Balaban J connectivity index is 1.74. The van der Waals surface area contributed by atoms with E-state index >= 15 is 0 Å². The monoisotopic (exact) mass is 200 g/mol. The number of thioether (sulfide) groups is 1. The van der Waals surface area contributed by atoms with Crippen LogP contribution in [0.15, 0.2) is 11.7 Å². The smallest absolute Gasteiger partial charge is 0.0794 e. The zero-order valence-electron chi connectivity index (χ0n) is 6.82. The first-order valence-electron chi connectivity index (χ1n) is 4.13. The van der Waals surface area contributed by atoms with E-state index in [1.807, 2.05) is 23.5 Å². The Morgan fingerprint density at radius 1 is 1.67 bits per heavy atom. The lowest BCUT2D eigenvalue weighted by molar-refractivity contribution is 0.561. The van der Waals surface area contributed by atoms with E-state index in [1.54, 1.807) is 11.3 Å². The molecule has 0 aliphatic carbocycles. The van der Waals surface area contributed by atoms with Gasteiger partial charge in [0.2, 0.25) is 0 Å². The van der Waals surface area contributed by atoms with Gasteiger partial charge in [-0.25, -0.2) is 0 Å². The number of thiazole rings is 1. The largest absolute Gasteiger partial charge is 0.308 e. The molecule has 2 nitrogen and oxygen atoms in total. The molecule has 2 rings (SSSR count). The van der Waals surface area contributed by atoms with Gasteiger partial charge >= 0.3 is 0 Å². The summed E-state index contributed by atoms with van der Waals surface area (Å²) in [4.78, 5) is 5.38. The number of hydrogen-bond acceptors (Lipinski definition) is 4. The summed E-state index contributed by atoms with van der Waals surface area (Å²) in [5.74, 6) is 2.60. The minimum atomic E-state index is 0.733. The van der Waals surface area contributed by atoms with Crippen molar-refractivity contribution in [3.05, 3.63) is 16.6 Å². The highest BCUT2D eigenvalue weighted by atomic mass is 32.2. The van der Waals surface area contributed by atoms with Crippen LogP contribution in [0.2, 0.25) is 0 Å². The first-order valence-corrected chi connectivity index (χ1v) is 6.17. The second-order valence-corrected chi connectivity index (χ2v) is 5.03. The average Bonchev–Trinajstić information content (AvgIpc) is 2.74. The van der Waals surface area contributed by atoms with Crippen LogP contribution >= 0.6 is 23.1 Å². The van der Waals surface area contributed by atoms with Crippen molar-refractivity contribution < 1.29 is 0 Å². The van der Waals surface area contributed by atoms with Crippen molar-refractivity contribution in [1.29, 1.82) is 0 Å². The predicted molar refractivity (Wildman–Crippen MR) is 54.7 cm³/mol. The number of nitrogens with zero attached hydrogens (tertiary/aromatic N) is 1. The summed E-state index contributed by atoms with van der Waals surface area (Å²) in [6, 6.07) is 0.733. The van der Waals surface area contributed by atoms with Crippen molar-refractivity contribution in [2.24, 2.45) is 0 Å². The van der Waals surface area contributed by atoms with E-state index in [2.05, 4.69) is 10.3 Å². The molecule has 0 spiro atoms. The second-order valence-electron chi connectivity index (χ2n) is 2.91. The number of hydrogen-bond donors (Lipinski definition) is 1. The van der Waals surface area contributed by atoms with Crippen molar-refractivity contribution >= 4 is 23.1 Å². The minimum absolute atomic E-state index is 0.733. The first-order chi connectivity index (χ1) is 5.95. The molecule has 1 unspecified atom stereocenters. The van der Waals surface area contributed by atoms with Gasteiger partial charge in [0.05, 0.1) is 5.51 Å². The number of rotatable bonds is 3. The number of nitrogens with one attached hydrogen (secondary N) is 1. The van der Waals surface area contributed by atoms with Gasteiger partial charge in [0, 0.05) is 29.4 Å². The fraction of sp³-hybridized carbons (Fsp3) is 0.625. The van der Waals surface area contributed by atoms with Crippen LogP contribution in [0.3, 0.4) is 0 Å². The van der Waals surface area contributed by atoms with Crippen LogP contribution in [-0.4, -0.2) is 22.5 Å². The Morgan fingerprint density at radius 2 is 2.67 bits per heavy atom. The summed E-state index contributed by atoms with van der Waals surface area (Å²) in [7, 11) is 0. The van der Waals surface area contributed by atoms with Gasteiger partial charge in [-0.3, -0.25) is 4.98 Å². The van der Waals surface area contributed by atoms with E-state index in [-0.39, 0.29) is 0 Å². The topological polar surface area (TPSA) is 24.9 Å². The van der Waals surface area contributed by atoms with Crippen LogP contribution in [0.4, 0.5) is 0 Å². The molecule has 0 amide bonds. The van der Waals surface area contributed by atoms with E-state index in [4.69, 9.17) is 0 Å². The Labute approximate surface area is 80.8 Å². The van der Waals surface area contributed by atoms with Gasteiger partial charge in [-0.1, -0.05) is 0 Å². The molecule has 0 saturated carbocycles. The lowest BCUT2D eigenvalue weighted by Gasteiger charge is -2.08. The maximum atomic E-state index is 4.04. The Kier molecular flexibility index (Phi) is 3.03. The summed E-state index contributed by atoms with van der Waals surface area (Å²) < 4.78 is 0. The molecule has 4 heteroatoms. The van der Waals surface area contributed by atoms with Crippen LogP contribution in [0.5, 0.6) is 0 Å². The zero-order valence-corrected chi connectivity index (χ0v) is 8.46. The van der Waals surface area contributed by atoms with Crippen LogP contribution in [0.1, 0.15) is 11.3 Å². The highest BCUT2D eigenvalue weighted by molar-refractivity contribution is 7.99. The molecule has 1 atom stereocenters. The predicted octanol–water partition coefficient (Wildman–Crippen LogP) is 1.74. The van der Waals surface area contributed by atoms with Gasteiger partial charge in [0.15, 0.2) is 0 Å². The molecular weight excluding hydrogens is 188 g/mol. The molecule has 1 aromatic heterocycles. The van der Waals surface area contributed by atoms with E-state index in [9.17, 15) is 0 Å². The highest BCUT2D eigenvalue weighted by Crippen LogP contribution is 2.17. The van der Waals surface area contributed by atoms with Gasteiger partial charge < -0.3 is 5.32 Å². The summed E-state index contributed by atoms with van der Waals surface area (Å²) in [6.07, 6.45) is 3.27. The van der Waals surface area contributed by atoms with E-state index in [1.165, 1.54) is 22.8 Å². The summed E-state index contributed by atoms with van der Waals surface area (Å²) >= 11 is 3.77. The summed E-state index contributed by atoms with van der Waals surface area (Å²) in [5.41, 5.74) is 1.89. The maximum Gasteiger partial charge on any atom is 0.0794 e. The lowest BCUT2D eigenvalue weighted by atomic mass is 10.2. The Bertz CT molecular complexity index is 217. The molecule has 12 heavy (non-hydrogen) atoms. The van der Waals surface area contributed by atoms with Crippen molar-refractivity contribution in [3.63, 3.8) is 0 Å². The lowest BCUT2D eigenvalue weighted by Crippen LogP contribution is -2.27.